The van der Waals surface area contributed by atoms with Gasteiger partial charge < -0.3 is 4.74 Å². The Morgan fingerprint density at radius 2 is 2.33 bits per heavy atom. The van der Waals surface area contributed by atoms with Gasteiger partial charge in [-0.25, -0.2) is 0 Å². The van der Waals surface area contributed by atoms with Gasteiger partial charge in [-0.1, -0.05) is 6.08 Å². The Balaban J connectivity index is 1.87. The molecule has 0 aromatic heterocycles. The van der Waals surface area contributed by atoms with Gasteiger partial charge in [0.05, 0.1) is 0 Å². The van der Waals surface area contributed by atoms with Crippen LogP contribution in [0.5, 0.6) is 0 Å². The Morgan fingerprint density at radius 3 is 2.92 bits per heavy atom. The molecule has 1 saturated carbocycles. The molecule has 0 amide bonds. The molecule has 2 nitrogen and oxygen atoms in total. The molecule has 0 aliphatic heterocycles. The van der Waals surface area contributed by atoms with Crippen molar-refractivity contribution in [1.82, 2.24) is 0 Å². The third-order valence-corrected chi connectivity index (χ3v) is 1.97. The zero-order valence-electron chi connectivity index (χ0n) is 7.42. The number of ketones is 1. The van der Waals surface area contributed by atoms with Crippen molar-refractivity contribution >= 4 is 5.78 Å². The molecule has 1 aliphatic rings. The van der Waals surface area contributed by atoms with E-state index in [2.05, 4.69) is 6.58 Å². The molecular formula is C10H16O2. The average Bonchev–Trinajstić information content (AvgIpc) is 2.86. The fourth-order valence-corrected chi connectivity index (χ4v) is 1.03. The van der Waals surface area contributed by atoms with Gasteiger partial charge in [0.2, 0.25) is 0 Å². The molecule has 0 atom stereocenters. The zero-order chi connectivity index (χ0) is 8.81. The molecule has 2 heteroatoms. The number of Topliss-reactive ketones (excluding diaryl/α,β-unsaturated/α-hetero) is 1. The van der Waals surface area contributed by atoms with Crippen LogP contribution in [0.2, 0.25) is 0 Å². The minimum Gasteiger partial charge on any atom is -0.374 e. The first-order chi connectivity index (χ1) is 5.84. The highest BCUT2D eigenvalue weighted by Gasteiger charge is 2.28. The molecule has 0 spiro atoms. The molecule has 0 aromatic carbocycles. The predicted molar refractivity (Wildman–Crippen MR) is 48.0 cm³/mol. The van der Waals surface area contributed by atoms with E-state index in [1.165, 1.54) is 0 Å². The highest BCUT2D eigenvalue weighted by molar-refractivity contribution is 5.84. The number of hydrogen-bond acceptors (Lipinski definition) is 2. The Morgan fingerprint density at radius 1 is 1.58 bits per heavy atom. The average molecular weight is 168 g/mol. The summed E-state index contributed by atoms with van der Waals surface area (Å²) >= 11 is 0. The van der Waals surface area contributed by atoms with Crippen molar-refractivity contribution in [3.05, 3.63) is 12.7 Å². The van der Waals surface area contributed by atoms with Crippen LogP contribution in [-0.2, 0) is 9.53 Å². The largest absolute Gasteiger partial charge is 0.374 e. The number of allylic oxidation sites excluding steroid dienone is 1. The Kier molecular flexibility index (Phi) is 4.01. The minimum atomic E-state index is 0.286. The van der Waals surface area contributed by atoms with Crippen LogP contribution < -0.4 is 0 Å². The number of hydrogen-bond donors (Lipinski definition) is 0. The smallest absolute Gasteiger partial charge is 0.161 e. The lowest BCUT2D eigenvalue weighted by molar-refractivity contribution is -0.124. The highest BCUT2D eigenvalue weighted by atomic mass is 16.5. The summed E-state index contributed by atoms with van der Waals surface area (Å²) in [5, 5.41) is 0. The first kappa shape index (κ1) is 9.46. The number of unbranched alkanes of at least 4 members (excludes halogenated alkanes) is 1. The number of ether oxygens (including phenoxy) is 1. The Hall–Kier alpha value is -0.630. The van der Waals surface area contributed by atoms with Gasteiger partial charge in [-0.05, 0) is 25.7 Å². The van der Waals surface area contributed by atoms with Crippen LogP contribution in [0.4, 0.5) is 0 Å². The second-order valence-electron chi connectivity index (χ2n) is 3.22. The van der Waals surface area contributed by atoms with Crippen molar-refractivity contribution in [2.45, 2.75) is 25.7 Å². The van der Waals surface area contributed by atoms with E-state index >= 15 is 0 Å². The summed E-state index contributed by atoms with van der Waals surface area (Å²) in [4.78, 5) is 11.1. The van der Waals surface area contributed by atoms with Crippen LogP contribution in [0, 0.1) is 5.92 Å². The summed E-state index contributed by atoms with van der Waals surface area (Å²) < 4.78 is 5.20. The zero-order valence-corrected chi connectivity index (χ0v) is 7.42. The van der Waals surface area contributed by atoms with E-state index < -0.39 is 0 Å². The highest BCUT2D eigenvalue weighted by Crippen LogP contribution is 2.29. The molecule has 1 aliphatic carbocycles. The lowest BCUT2D eigenvalue weighted by Crippen LogP contribution is -2.10. The maximum atomic E-state index is 11.1. The molecule has 0 radical (unpaired) electrons. The SMILES string of the molecule is C=CCCCOCC(=O)C1CC1. The van der Waals surface area contributed by atoms with Crippen LogP contribution >= 0.6 is 0 Å². The second kappa shape index (κ2) is 5.09. The molecule has 68 valence electrons. The molecule has 0 aromatic rings. The van der Waals surface area contributed by atoms with E-state index in [4.69, 9.17) is 4.74 Å². The monoisotopic (exact) mass is 168 g/mol. The van der Waals surface area contributed by atoms with E-state index in [0.29, 0.717) is 19.1 Å². The summed E-state index contributed by atoms with van der Waals surface area (Å²) in [5.41, 5.74) is 0. The first-order valence-electron chi connectivity index (χ1n) is 4.56. The van der Waals surface area contributed by atoms with Crippen LogP contribution in [-0.4, -0.2) is 19.0 Å². The quantitative estimate of drug-likeness (QED) is 0.429. The molecule has 0 bridgehead atoms. The van der Waals surface area contributed by atoms with Crippen molar-refractivity contribution in [2.24, 2.45) is 5.92 Å². The van der Waals surface area contributed by atoms with Gasteiger partial charge in [-0.15, -0.1) is 6.58 Å². The van der Waals surface area contributed by atoms with Crippen molar-refractivity contribution in [3.8, 4) is 0 Å². The Bertz CT molecular complexity index is 159. The van der Waals surface area contributed by atoms with Crippen LogP contribution in [0.1, 0.15) is 25.7 Å². The molecule has 1 fully saturated rings. The molecule has 0 saturated heterocycles. The van der Waals surface area contributed by atoms with Gasteiger partial charge in [0.15, 0.2) is 5.78 Å². The van der Waals surface area contributed by atoms with E-state index in [1.54, 1.807) is 0 Å². The third-order valence-electron chi connectivity index (χ3n) is 1.97. The van der Waals surface area contributed by atoms with E-state index in [0.717, 1.165) is 25.7 Å². The van der Waals surface area contributed by atoms with E-state index in [-0.39, 0.29) is 5.78 Å². The van der Waals surface area contributed by atoms with Gasteiger partial charge in [0, 0.05) is 12.5 Å². The molecule has 12 heavy (non-hydrogen) atoms. The molecule has 1 rings (SSSR count). The standard InChI is InChI=1S/C10H16O2/c1-2-3-4-7-12-8-10(11)9-5-6-9/h2,9H,1,3-8H2. The minimum absolute atomic E-state index is 0.286. The summed E-state index contributed by atoms with van der Waals surface area (Å²) in [6.07, 6.45) is 5.97. The van der Waals surface area contributed by atoms with Crippen molar-refractivity contribution in [1.29, 1.82) is 0 Å². The van der Waals surface area contributed by atoms with Crippen molar-refractivity contribution in [3.63, 3.8) is 0 Å². The van der Waals surface area contributed by atoms with Gasteiger partial charge >= 0.3 is 0 Å². The van der Waals surface area contributed by atoms with E-state index in [1.807, 2.05) is 6.08 Å². The molecule has 0 heterocycles. The van der Waals surface area contributed by atoms with Crippen molar-refractivity contribution in [2.75, 3.05) is 13.2 Å². The number of rotatable bonds is 7. The van der Waals surface area contributed by atoms with Crippen molar-refractivity contribution < 1.29 is 9.53 Å². The van der Waals surface area contributed by atoms with Gasteiger partial charge in [0.25, 0.3) is 0 Å². The second-order valence-corrected chi connectivity index (χ2v) is 3.22. The fraction of sp³-hybridized carbons (Fsp3) is 0.700. The Labute approximate surface area is 73.6 Å². The molecule has 0 N–H and O–H groups in total. The fourth-order valence-electron chi connectivity index (χ4n) is 1.03. The lowest BCUT2D eigenvalue weighted by Gasteiger charge is -2.00. The summed E-state index contributed by atoms with van der Waals surface area (Å²) in [6.45, 7) is 4.62. The maximum absolute atomic E-state index is 11.1. The predicted octanol–water partition coefficient (Wildman–Crippen LogP) is 1.95. The summed E-state index contributed by atoms with van der Waals surface area (Å²) in [6, 6.07) is 0. The van der Waals surface area contributed by atoms with Crippen LogP contribution in [0.3, 0.4) is 0 Å². The van der Waals surface area contributed by atoms with Crippen LogP contribution in [0.25, 0.3) is 0 Å². The summed E-state index contributed by atoms with van der Waals surface area (Å²) in [7, 11) is 0. The van der Waals surface area contributed by atoms with Gasteiger partial charge in [-0.2, -0.15) is 0 Å². The summed E-state index contributed by atoms with van der Waals surface area (Å²) in [5.74, 6) is 0.623. The molecule has 0 unspecified atom stereocenters. The number of carbonyl (C=O) groups excluding carboxylic acids is 1. The molecular weight excluding hydrogens is 152 g/mol. The maximum Gasteiger partial charge on any atom is 0.161 e. The number of carbonyl (C=O) groups is 1. The lowest BCUT2D eigenvalue weighted by atomic mass is 10.3. The third kappa shape index (κ3) is 3.67. The normalized spacial score (nSPS) is 16.0. The first-order valence-corrected chi connectivity index (χ1v) is 4.56. The topological polar surface area (TPSA) is 26.3 Å². The van der Waals surface area contributed by atoms with E-state index in [9.17, 15) is 4.79 Å². The van der Waals surface area contributed by atoms with Crippen LogP contribution in [0.15, 0.2) is 12.7 Å². The van der Waals surface area contributed by atoms with Gasteiger partial charge in [-0.3, -0.25) is 4.79 Å². The van der Waals surface area contributed by atoms with Gasteiger partial charge in [0.1, 0.15) is 6.61 Å².